The van der Waals surface area contributed by atoms with Crippen molar-refractivity contribution in [2.75, 3.05) is 26.2 Å². The number of hydrogen-bond acceptors (Lipinski definition) is 2. The molecule has 1 aromatic carbocycles. The lowest BCUT2D eigenvalue weighted by Crippen LogP contribution is -2.44. The zero-order valence-corrected chi connectivity index (χ0v) is 16.8. The highest BCUT2D eigenvalue weighted by Gasteiger charge is 2.29. The predicted octanol–water partition coefficient (Wildman–Crippen LogP) is 4.43. The van der Waals surface area contributed by atoms with Crippen LogP contribution in [0.2, 0.25) is 0 Å². The first-order valence-electron chi connectivity index (χ1n) is 10.7. The van der Waals surface area contributed by atoms with Gasteiger partial charge < -0.3 is 9.80 Å². The maximum absolute atomic E-state index is 12.4. The molecule has 1 aliphatic carbocycles. The summed E-state index contributed by atoms with van der Waals surface area (Å²) < 4.78 is 0. The van der Waals surface area contributed by atoms with Crippen molar-refractivity contribution in [2.24, 2.45) is 5.92 Å². The van der Waals surface area contributed by atoms with Crippen molar-refractivity contribution in [3.05, 3.63) is 35.4 Å². The first-order chi connectivity index (χ1) is 12.7. The Hall–Kier alpha value is -1.35. The summed E-state index contributed by atoms with van der Waals surface area (Å²) in [7, 11) is 0. The van der Waals surface area contributed by atoms with Crippen LogP contribution in [0.3, 0.4) is 0 Å². The molecule has 0 aromatic heterocycles. The van der Waals surface area contributed by atoms with Crippen LogP contribution in [0.4, 0.5) is 0 Å². The van der Waals surface area contributed by atoms with Crippen molar-refractivity contribution in [2.45, 2.75) is 71.3 Å². The van der Waals surface area contributed by atoms with Crippen LogP contribution in [0.25, 0.3) is 0 Å². The van der Waals surface area contributed by atoms with Gasteiger partial charge in [-0.05, 0) is 69.2 Å². The molecule has 1 aromatic rings. The van der Waals surface area contributed by atoms with Gasteiger partial charge in [0.15, 0.2) is 0 Å². The Balaban J connectivity index is 1.45. The number of piperidine rings is 1. The van der Waals surface area contributed by atoms with Gasteiger partial charge in [-0.15, -0.1) is 0 Å². The molecule has 0 spiro atoms. The van der Waals surface area contributed by atoms with E-state index in [0.717, 1.165) is 19.5 Å². The predicted molar refractivity (Wildman–Crippen MR) is 108 cm³/mol. The summed E-state index contributed by atoms with van der Waals surface area (Å²) >= 11 is 0. The molecule has 26 heavy (non-hydrogen) atoms. The van der Waals surface area contributed by atoms with Crippen LogP contribution in [0.5, 0.6) is 0 Å². The van der Waals surface area contributed by atoms with E-state index in [2.05, 4.69) is 41.0 Å². The lowest BCUT2D eigenvalue weighted by Gasteiger charge is -2.37. The van der Waals surface area contributed by atoms with Crippen LogP contribution in [0.15, 0.2) is 24.3 Å². The van der Waals surface area contributed by atoms with Crippen LogP contribution >= 0.6 is 0 Å². The minimum atomic E-state index is 0.374. The molecule has 2 aliphatic rings. The second-order valence-corrected chi connectivity index (χ2v) is 8.30. The lowest BCUT2D eigenvalue weighted by atomic mass is 9.94. The Labute approximate surface area is 159 Å². The summed E-state index contributed by atoms with van der Waals surface area (Å²) in [6.07, 6.45) is 9.35. The van der Waals surface area contributed by atoms with E-state index in [9.17, 15) is 4.79 Å². The number of carbonyl (C=O) groups excluding carboxylic acids is 1. The number of benzene rings is 1. The Kier molecular flexibility index (Phi) is 7.13. The van der Waals surface area contributed by atoms with Crippen LogP contribution in [-0.4, -0.2) is 47.9 Å². The molecule has 1 aliphatic heterocycles. The summed E-state index contributed by atoms with van der Waals surface area (Å²) in [6.45, 7) is 8.77. The summed E-state index contributed by atoms with van der Waals surface area (Å²) in [5, 5.41) is 0. The molecule has 1 saturated heterocycles. The van der Waals surface area contributed by atoms with Crippen LogP contribution < -0.4 is 0 Å². The molecule has 0 atom stereocenters. The molecular weight excluding hydrogens is 320 g/mol. The smallest absolute Gasteiger partial charge is 0.222 e. The van der Waals surface area contributed by atoms with Crippen molar-refractivity contribution in [1.29, 1.82) is 0 Å². The van der Waals surface area contributed by atoms with E-state index >= 15 is 0 Å². The van der Waals surface area contributed by atoms with E-state index in [4.69, 9.17) is 0 Å². The first kappa shape index (κ1) is 19.4. The van der Waals surface area contributed by atoms with Crippen LogP contribution in [0.1, 0.15) is 63.0 Å². The molecule has 0 bridgehead atoms. The largest absolute Gasteiger partial charge is 0.339 e. The fourth-order valence-electron chi connectivity index (χ4n) is 4.71. The first-order valence-corrected chi connectivity index (χ1v) is 10.7. The summed E-state index contributed by atoms with van der Waals surface area (Å²) in [5.41, 5.74) is 2.89. The Bertz CT molecular complexity index is 571. The minimum Gasteiger partial charge on any atom is -0.339 e. The lowest BCUT2D eigenvalue weighted by molar-refractivity contribution is -0.134. The van der Waals surface area contributed by atoms with E-state index in [1.807, 2.05) is 6.92 Å². The standard InChI is InChI=1S/C23H36N2O/c1-3-23(26)25(22-10-6-7-11-22)18-20-12-15-24(16-13-20)17-14-21-9-5-4-8-19(21)2/h4-5,8-9,20,22H,3,6-7,10-18H2,1-2H3. The van der Waals surface area contributed by atoms with Gasteiger partial charge in [0.1, 0.15) is 0 Å². The SMILES string of the molecule is CCC(=O)N(CC1CCN(CCc2ccccc2C)CC1)C1CCCC1. The average Bonchev–Trinajstić information content (AvgIpc) is 3.20. The number of rotatable bonds is 7. The normalized spacial score (nSPS) is 19.8. The van der Waals surface area contributed by atoms with Gasteiger partial charge in [-0.25, -0.2) is 0 Å². The molecule has 1 heterocycles. The molecule has 3 nitrogen and oxygen atoms in total. The minimum absolute atomic E-state index is 0.374. The zero-order chi connectivity index (χ0) is 18.4. The van der Waals surface area contributed by atoms with Crippen molar-refractivity contribution in [3.8, 4) is 0 Å². The van der Waals surface area contributed by atoms with E-state index in [1.54, 1.807) is 0 Å². The monoisotopic (exact) mass is 356 g/mol. The topological polar surface area (TPSA) is 23.6 Å². The van der Waals surface area contributed by atoms with Gasteiger partial charge in [-0.2, -0.15) is 0 Å². The van der Waals surface area contributed by atoms with E-state index in [0.29, 0.717) is 24.3 Å². The van der Waals surface area contributed by atoms with Gasteiger partial charge in [0.2, 0.25) is 5.91 Å². The van der Waals surface area contributed by atoms with Gasteiger partial charge in [-0.1, -0.05) is 44.0 Å². The molecule has 3 heteroatoms. The third-order valence-corrected chi connectivity index (χ3v) is 6.51. The number of nitrogens with zero attached hydrogens (tertiary/aromatic N) is 2. The molecular formula is C23H36N2O. The third-order valence-electron chi connectivity index (χ3n) is 6.51. The van der Waals surface area contributed by atoms with Crippen molar-refractivity contribution in [3.63, 3.8) is 0 Å². The molecule has 3 rings (SSSR count). The van der Waals surface area contributed by atoms with Gasteiger partial charge in [0.05, 0.1) is 0 Å². The second-order valence-electron chi connectivity index (χ2n) is 8.30. The molecule has 1 saturated carbocycles. The fraction of sp³-hybridized carbons (Fsp3) is 0.696. The van der Waals surface area contributed by atoms with Crippen LogP contribution in [0, 0.1) is 12.8 Å². The molecule has 0 N–H and O–H groups in total. The van der Waals surface area contributed by atoms with E-state index in [-0.39, 0.29) is 0 Å². The molecule has 144 valence electrons. The number of likely N-dealkylation sites (tertiary alicyclic amines) is 1. The van der Waals surface area contributed by atoms with Crippen molar-refractivity contribution in [1.82, 2.24) is 9.80 Å². The highest BCUT2D eigenvalue weighted by atomic mass is 16.2. The highest BCUT2D eigenvalue weighted by molar-refractivity contribution is 5.76. The van der Waals surface area contributed by atoms with Gasteiger partial charge in [0, 0.05) is 25.6 Å². The van der Waals surface area contributed by atoms with Gasteiger partial charge in [0.25, 0.3) is 0 Å². The highest BCUT2D eigenvalue weighted by Crippen LogP contribution is 2.27. The van der Waals surface area contributed by atoms with Crippen molar-refractivity contribution < 1.29 is 4.79 Å². The zero-order valence-electron chi connectivity index (χ0n) is 16.8. The Morgan fingerprint density at radius 3 is 2.46 bits per heavy atom. The fourth-order valence-corrected chi connectivity index (χ4v) is 4.71. The maximum atomic E-state index is 12.4. The number of hydrogen-bond donors (Lipinski definition) is 0. The maximum Gasteiger partial charge on any atom is 0.222 e. The Morgan fingerprint density at radius 1 is 1.12 bits per heavy atom. The summed E-state index contributed by atoms with van der Waals surface area (Å²) in [6, 6.07) is 9.28. The molecule has 1 amide bonds. The van der Waals surface area contributed by atoms with Gasteiger partial charge >= 0.3 is 0 Å². The number of amides is 1. The second kappa shape index (κ2) is 9.55. The number of aryl methyl sites for hydroxylation is 1. The summed E-state index contributed by atoms with van der Waals surface area (Å²) in [4.78, 5) is 17.3. The quantitative estimate of drug-likeness (QED) is 0.721. The summed E-state index contributed by atoms with van der Waals surface area (Å²) in [5.74, 6) is 1.07. The molecule has 0 radical (unpaired) electrons. The molecule has 2 fully saturated rings. The molecule has 0 unspecified atom stereocenters. The van der Waals surface area contributed by atoms with Crippen molar-refractivity contribution >= 4 is 5.91 Å². The third kappa shape index (κ3) is 5.09. The number of carbonyl (C=O) groups is 1. The van der Waals surface area contributed by atoms with E-state index in [1.165, 1.54) is 62.7 Å². The van der Waals surface area contributed by atoms with Gasteiger partial charge in [-0.3, -0.25) is 4.79 Å². The van der Waals surface area contributed by atoms with E-state index < -0.39 is 0 Å². The Morgan fingerprint density at radius 2 is 1.81 bits per heavy atom. The van der Waals surface area contributed by atoms with Crippen LogP contribution in [-0.2, 0) is 11.2 Å². The average molecular weight is 357 g/mol.